The van der Waals surface area contributed by atoms with E-state index in [-0.39, 0.29) is 28.0 Å². The Kier molecular flexibility index (Phi) is 4.40. The van der Waals surface area contributed by atoms with Crippen molar-refractivity contribution in [2.24, 2.45) is 0 Å². The maximum Gasteiger partial charge on any atom is 0.270 e. The van der Waals surface area contributed by atoms with Crippen LogP contribution in [-0.4, -0.2) is 39.8 Å². The highest BCUT2D eigenvalue weighted by atomic mass is 35.7. The third kappa shape index (κ3) is 4.41. The smallest absolute Gasteiger partial charge is 0.270 e. The number of hydrogen-bond donors (Lipinski definition) is 1. The second-order valence-electron chi connectivity index (χ2n) is 5.29. The lowest BCUT2D eigenvalue weighted by Gasteiger charge is -2.23. The van der Waals surface area contributed by atoms with E-state index in [0.29, 0.717) is 11.3 Å². The van der Waals surface area contributed by atoms with Gasteiger partial charge in [-0.05, 0) is 25.5 Å². The number of halogens is 1. The van der Waals surface area contributed by atoms with Crippen LogP contribution in [0.1, 0.15) is 18.2 Å². The second kappa shape index (κ2) is 5.53. The van der Waals surface area contributed by atoms with Crippen LogP contribution in [0.4, 0.5) is 0 Å². The molecule has 0 bridgehead atoms. The van der Waals surface area contributed by atoms with Crippen LogP contribution in [0, 0.1) is 0 Å². The van der Waals surface area contributed by atoms with Gasteiger partial charge in [-0.1, -0.05) is 0 Å². The zero-order chi connectivity index (χ0) is 15.9. The summed E-state index contributed by atoms with van der Waals surface area (Å²) in [5.74, 6) is -0.343. The molecule has 21 heavy (non-hydrogen) atoms. The minimum atomic E-state index is -3.79. The molecule has 1 aliphatic heterocycles. The molecule has 0 radical (unpaired) electrons. The highest BCUT2D eigenvalue weighted by Crippen LogP contribution is 2.26. The molecule has 2 heterocycles. The maximum atomic E-state index is 12.0. The molecule has 10 heteroatoms. The second-order valence-corrected chi connectivity index (χ2v) is 11.4. The maximum absolute atomic E-state index is 12.0. The molecule has 6 nitrogen and oxygen atoms in total. The van der Waals surface area contributed by atoms with Crippen LogP contribution >= 0.6 is 22.0 Å². The molecule has 0 aliphatic carbocycles. The normalized spacial score (nSPS) is 24.9. The van der Waals surface area contributed by atoms with Crippen molar-refractivity contribution in [1.82, 2.24) is 5.32 Å². The van der Waals surface area contributed by atoms with Gasteiger partial charge < -0.3 is 5.32 Å². The van der Waals surface area contributed by atoms with Crippen molar-refractivity contribution in [3.05, 3.63) is 17.0 Å². The van der Waals surface area contributed by atoms with Gasteiger partial charge in [0.25, 0.3) is 9.05 Å². The summed E-state index contributed by atoms with van der Waals surface area (Å²) in [5.41, 5.74) is -0.755. The number of rotatable bonds is 4. The summed E-state index contributed by atoms with van der Waals surface area (Å²) in [6.45, 7) is 1.69. The fraction of sp³-hybridized carbons (Fsp3) is 0.545. The van der Waals surface area contributed by atoms with Gasteiger partial charge in [0, 0.05) is 15.6 Å². The average Bonchev–Trinajstić information content (AvgIpc) is 2.82. The van der Waals surface area contributed by atoms with E-state index in [4.69, 9.17) is 10.7 Å². The van der Waals surface area contributed by atoms with E-state index < -0.39 is 24.4 Å². The summed E-state index contributed by atoms with van der Waals surface area (Å²) in [6, 6.07) is 2.87. The fourth-order valence-electron chi connectivity index (χ4n) is 2.23. The number of hydrogen-bond acceptors (Lipinski definition) is 6. The van der Waals surface area contributed by atoms with E-state index in [1.165, 1.54) is 12.1 Å². The van der Waals surface area contributed by atoms with Gasteiger partial charge in [-0.25, -0.2) is 16.8 Å². The molecule has 1 fully saturated rings. The number of carbonyl (C=O) groups excluding carboxylic acids is 1. The molecule has 1 aromatic rings. The third-order valence-corrected chi connectivity index (χ3v) is 8.24. The Morgan fingerprint density at radius 3 is 2.62 bits per heavy atom. The standard InChI is InChI=1S/C11H14ClNO5S3/c1-11(4-5-20(15,16)7-11)13-9(14)6-8-2-3-10(19-8)21(12,17)18/h2-3H,4-7H2,1H3,(H,13,14). The Bertz CT molecular complexity index is 768. The number of sulfone groups is 1. The lowest BCUT2D eigenvalue weighted by Crippen LogP contribution is -2.47. The van der Waals surface area contributed by atoms with Gasteiger partial charge in [-0.2, -0.15) is 0 Å². The summed E-state index contributed by atoms with van der Waals surface area (Å²) in [7, 11) is -1.67. The van der Waals surface area contributed by atoms with Crippen molar-refractivity contribution in [3.8, 4) is 0 Å². The van der Waals surface area contributed by atoms with Gasteiger partial charge in [0.2, 0.25) is 5.91 Å². The first-order valence-corrected chi connectivity index (χ1v) is 11.0. The van der Waals surface area contributed by atoms with E-state index in [9.17, 15) is 21.6 Å². The van der Waals surface area contributed by atoms with Crippen LogP contribution in [0.25, 0.3) is 0 Å². The molecule has 1 N–H and O–H groups in total. The molecule has 2 rings (SSSR count). The first-order valence-electron chi connectivity index (χ1n) is 6.04. The van der Waals surface area contributed by atoms with Crippen LogP contribution in [0.2, 0.25) is 0 Å². The van der Waals surface area contributed by atoms with Gasteiger partial charge in [-0.15, -0.1) is 11.3 Å². The Morgan fingerprint density at radius 1 is 1.48 bits per heavy atom. The Labute approximate surface area is 131 Å². The summed E-state index contributed by atoms with van der Waals surface area (Å²) < 4.78 is 45.2. The minimum absolute atomic E-state index is 0.00723. The minimum Gasteiger partial charge on any atom is -0.350 e. The van der Waals surface area contributed by atoms with E-state index >= 15 is 0 Å². The number of carbonyl (C=O) groups is 1. The van der Waals surface area contributed by atoms with Crippen LogP contribution in [0.5, 0.6) is 0 Å². The van der Waals surface area contributed by atoms with Crippen molar-refractivity contribution >= 4 is 46.8 Å². The van der Waals surface area contributed by atoms with Gasteiger partial charge in [-0.3, -0.25) is 4.79 Å². The van der Waals surface area contributed by atoms with Gasteiger partial charge in [0.05, 0.1) is 23.5 Å². The number of nitrogens with one attached hydrogen (secondary N) is 1. The van der Waals surface area contributed by atoms with Crippen molar-refractivity contribution in [2.75, 3.05) is 11.5 Å². The zero-order valence-electron chi connectivity index (χ0n) is 11.1. The molecule has 1 aliphatic rings. The quantitative estimate of drug-likeness (QED) is 0.793. The Morgan fingerprint density at radius 2 is 2.14 bits per heavy atom. The lowest BCUT2D eigenvalue weighted by atomic mass is 10.0. The van der Waals surface area contributed by atoms with Gasteiger partial charge in [0.1, 0.15) is 4.21 Å². The molecular formula is C11H14ClNO5S3. The van der Waals surface area contributed by atoms with Crippen LogP contribution in [0.3, 0.4) is 0 Å². The summed E-state index contributed by atoms with van der Waals surface area (Å²) in [6.07, 6.45) is 0.375. The third-order valence-electron chi connectivity index (χ3n) is 3.16. The SMILES string of the molecule is CC1(NC(=O)Cc2ccc(S(=O)(=O)Cl)s2)CCS(=O)(=O)C1. The molecule has 118 valence electrons. The summed E-state index contributed by atoms with van der Waals surface area (Å²) >= 11 is 0.926. The molecular weight excluding hydrogens is 358 g/mol. The first kappa shape index (κ1) is 16.7. The van der Waals surface area contributed by atoms with E-state index in [1.54, 1.807) is 6.92 Å². The van der Waals surface area contributed by atoms with Crippen molar-refractivity contribution in [1.29, 1.82) is 0 Å². The van der Waals surface area contributed by atoms with Gasteiger partial charge in [0.15, 0.2) is 9.84 Å². The highest BCUT2D eigenvalue weighted by Gasteiger charge is 2.39. The predicted molar refractivity (Wildman–Crippen MR) is 80.9 cm³/mol. The largest absolute Gasteiger partial charge is 0.350 e. The van der Waals surface area contributed by atoms with Crippen LogP contribution in [0.15, 0.2) is 16.3 Å². The summed E-state index contributed by atoms with van der Waals surface area (Å²) in [5, 5.41) is 2.71. The van der Waals surface area contributed by atoms with Crippen molar-refractivity contribution < 1.29 is 21.6 Å². The lowest BCUT2D eigenvalue weighted by molar-refractivity contribution is -0.121. The summed E-state index contributed by atoms with van der Waals surface area (Å²) in [4.78, 5) is 12.5. The highest BCUT2D eigenvalue weighted by molar-refractivity contribution is 8.15. The molecule has 1 saturated heterocycles. The first-order chi connectivity index (χ1) is 9.49. The van der Waals surface area contributed by atoms with E-state index in [1.807, 2.05) is 0 Å². The average molecular weight is 372 g/mol. The van der Waals surface area contributed by atoms with E-state index in [2.05, 4.69) is 5.32 Å². The van der Waals surface area contributed by atoms with E-state index in [0.717, 1.165) is 11.3 Å². The van der Waals surface area contributed by atoms with Gasteiger partial charge >= 0.3 is 0 Å². The molecule has 1 unspecified atom stereocenters. The Hall–Kier alpha value is -0.640. The predicted octanol–water partition coefficient (Wildman–Crippen LogP) is 0.911. The van der Waals surface area contributed by atoms with Crippen molar-refractivity contribution in [3.63, 3.8) is 0 Å². The van der Waals surface area contributed by atoms with Crippen LogP contribution < -0.4 is 5.32 Å². The molecule has 0 aromatic carbocycles. The zero-order valence-corrected chi connectivity index (χ0v) is 14.3. The van der Waals surface area contributed by atoms with Crippen LogP contribution in [-0.2, 0) is 30.1 Å². The molecule has 1 atom stereocenters. The molecule has 0 saturated carbocycles. The Balaban J connectivity index is 2.01. The molecule has 1 aromatic heterocycles. The topological polar surface area (TPSA) is 97.4 Å². The number of amides is 1. The van der Waals surface area contributed by atoms with Crippen molar-refractivity contribution in [2.45, 2.75) is 29.5 Å². The molecule has 0 spiro atoms. The molecule has 1 amide bonds. The number of thiophene rings is 1. The monoisotopic (exact) mass is 371 g/mol. The fourth-order valence-corrected chi connectivity index (χ4v) is 6.45.